The number of hydrogen-bond acceptors (Lipinski definition) is 8. The van der Waals surface area contributed by atoms with E-state index in [1.807, 2.05) is 0 Å². The van der Waals surface area contributed by atoms with Crippen LogP contribution in [0.2, 0.25) is 0 Å². The number of carbonyl (C=O) groups excluding carboxylic acids is 5. The van der Waals surface area contributed by atoms with Crippen molar-refractivity contribution in [3.63, 3.8) is 0 Å². The van der Waals surface area contributed by atoms with E-state index in [9.17, 15) is 24.0 Å². The van der Waals surface area contributed by atoms with Crippen LogP contribution in [0.25, 0.3) is 0 Å². The molecule has 0 radical (unpaired) electrons. The van der Waals surface area contributed by atoms with Gasteiger partial charge in [0.05, 0.1) is 13.0 Å². The van der Waals surface area contributed by atoms with Crippen molar-refractivity contribution in [1.82, 2.24) is 25.1 Å². The number of hydroxylamine groups is 2. The molecule has 162 valence electrons. The highest BCUT2D eigenvalue weighted by molar-refractivity contribution is 6.01. The van der Waals surface area contributed by atoms with Crippen molar-refractivity contribution in [3.8, 4) is 0 Å². The van der Waals surface area contributed by atoms with Crippen LogP contribution in [0, 0.1) is 0 Å². The molecule has 2 aliphatic rings. The van der Waals surface area contributed by atoms with Crippen molar-refractivity contribution in [3.05, 3.63) is 0 Å². The molecule has 0 atom stereocenters. The van der Waals surface area contributed by atoms with Gasteiger partial charge in [-0.15, -0.1) is 5.06 Å². The summed E-state index contributed by atoms with van der Waals surface area (Å²) in [6.45, 7) is 4.55. The van der Waals surface area contributed by atoms with Crippen LogP contribution in [0.3, 0.4) is 0 Å². The van der Waals surface area contributed by atoms with E-state index >= 15 is 0 Å². The van der Waals surface area contributed by atoms with E-state index in [0.717, 1.165) is 26.2 Å². The number of nitrogens with one attached hydrogen (secondary N) is 1. The number of piperazine rings is 1. The van der Waals surface area contributed by atoms with E-state index in [4.69, 9.17) is 4.84 Å². The summed E-state index contributed by atoms with van der Waals surface area (Å²) in [5, 5.41) is 3.25. The van der Waals surface area contributed by atoms with Gasteiger partial charge in [-0.05, 0) is 7.05 Å². The molecule has 4 amide bonds. The first-order chi connectivity index (χ1) is 13.8. The van der Waals surface area contributed by atoms with Crippen LogP contribution in [0.1, 0.15) is 25.7 Å². The van der Waals surface area contributed by atoms with Gasteiger partial charge in [0.1, 0.15) is 0 Å². The fraction of sp³-hybridized carbons (Fsp3) is 0.722. The Kier molecular flexibility index (Phi) is 8.52. The molecule has 2 heterocycles. The Morgan fingerprint density at radius 1 is 1.03 bits per heavy atom. The van der Waals surface area contributed by atoms with E-state index in [2.05, 4.69) is 22.2 Å². The fourth-order valence-corrected chi connectivity index (χ4v) is 2.96. The van der Waals surface area contributed by atoms with E-state index in [-0.39, 0.29) is 37.5 Å². The predicted octanol–water partition coefficient (Wildman–Crippen LogP) is -1.80. The maximum absolute atomic E-state index is 12.1. The van der Waals surface area contributed by atoms with Gasteiger partial charge in [-0.3, -0.25) is 24.1 Å². The lowest BCUT2D eigenvalue weighted by molar-refractivity contribution is -0.197. The molecule has 0 aromatic carbocycles. The summed E-state index contributed by atoms with van der Waals surface area (Å²) in [5.74, 6) is -2.30. The van der Waals surface area contributed by atoms with Gasteiger partial charge in [-0.25, -0.2) is 4.79 Å². The zero-order chi connectivity index (χ0) is 21.4. The van der Waals surface area contributed by atoms with Gasteiger partial charge in [0.15, 0.2) is 0 Å². The molecule has 0 bridgehead atoms. The Labute approximate surface area is 169 Å². The lowest BCUT2D eigenvalue weighted by Gasteiger charge is -2.31. The molecule has 2 fully saturated rings. The quantitative estimate of drug-likeness (QED) is 0.264. The maximum atomic E-state index is 12.1. The lowest BCUT2D eigenvalue weighted by atomic mass is 10.4. The summed E-state index contributed by atoms with van der Waals surface area (Å²) in [7, 11) is 3.63. The largest absolute Gasteiger partial charge is 0.353 e. The van der Waals surface area contributed by atoms with Crippen molar-refractivity contribution in [1.29, 1.82) is 0 Å². The molecule has 0 saturated carbocycles. The molecule has 2 aliphatic heterocycles. The first-order valence-electron chi connectivity index (χ1n) is 9.74. The topological polar surface area (TPSA) is 120 Å². The molecular weight excluding hydrogens is 390 g/mol. The molecule has 1 N–H and O–H groups in total. The third kappa shape index (κ3) is 7.42. The molecule has 0 spiro atoms. The van der Waals surface area contributed by atoms with Crippen LogP contribution in [-0.2, 0) is 28.8 Å². The van der Waals surface area contributed by atoms with Gasteiger partial charge in [0.2, 0.25) is 11.8 Å². The molecule has 0 aromatic heterocycles. The van der Waals surface area contributed by atoms with Gasteiger partial charge < -0.3 is 20.0 Å². The third-order valence-electron chi connectivity index (χ3n) is 4.90. The SMILES string of the molecule is CN1CCN([13CH2][13C](=O)[15NH][13CH2]CN(C)[13C](=O)[13CH2][13CH2][13C](=O)ON2C(=O)CCC2=O)CC1. The van der Waals surface area contributed by atoms with Gasteiger partial charge in [0, 0.05) is 65.6 Å². The van der Waals surface area contributed by atoms with Crippen molar-refractivity contribution in [2.45, 2.75) is 25.7 Å². The average molecular weight is 419 g/mol. The lowest BCUT2D eigenvalue weighted by Crippen LogP contribution is -2.48. The summed E-state index contributed by atoms with van der Waals surface area (Å²) in [4.78, 5) is 69.0. The summed E-state index contributed by atoms with van der Waals surface area (Å²) >= 11 is 0. The van der Waals surface area contributed by atoms with Crippen molar-refractivity contribution >= 4 is 29.6 Å². The van der Waals surface area contributed by atoms with Gasteiger partial charge >= 0.3 is 5.97 Å². The minimum absolute atomic E-state index is 0.0221. The Hall–Kier alpha value is -2.53. The zero-order valence-corrected chi connectivity index (χ0v) is 17.0. The number of nitrogens with zero attached hydrogens (tertiary/aromatic N) is 4. The van der Waals surface area contributed by atoms with Crippen molar-refractivity contribution < 1.29 is 28.8 Å². The average Bonchev–Trinajstić information content (AvgIpc) is 2.99. The van der Waals surface area contributed by atoms with Gasteiger partial charge in [0.25, 0.3) is 11.8 Å². The fourth-order valence-electron chi connectivity index (χ4n) is 2.96. The highest BCUT2D eigenvalue weighted by Gasteiger charge is 2.32. The third-order valence-corrected chi connectivity index (χ3v) is 4.90. The summed E-state index contributed by atoms with van der Waals surface area (Å²) < 4.78 is 0. The first-order valence-corrected chi connectivity index (χ1v) is 9.74. The molecule has 0 unspecified atom stereocenters. The Morgan fingerprint density at radius 3 is 2.28 bits per heavy atom. The smallest absolute Gasteiger partial charge is 0.333 e. The summed E-state index contributed by atoms with van der Waals surface area (Å²) in [6, 6.07) is 0. The molecule has 2 saturated heterocycles. The zero-order valence-electron chi connectivity index (χ0n) is 17.0. The van der Waals surface area contributed by atoms with Crippen LogP contribution in [0.4, 0.5) is 0 Å². The number of imide groups is 1. The van der Waals surface area contributed by atoms with E-state index < -0.39 is 17.8 Å². The first kappa shape index (κ1) is 22.8. The maximum Gasteiger partial charge on any atom is 0.333 e. The standard InChI is InChI=1S/C18H29N5O6/c1-20-9-11-22(12-10-20)13-14(24)19-7-8-21(2)15(25)5-6-18(28)29-23-16(26)3-4-17(23)27/h3-13H2,1-2H3,(H,19,24)/i5+1,6+1,7+1,13+1,14+1,15+1,18+1,19+1. The number of amides is 4. The van der Waals surface area contributed by atoms with Crippen LogP contribution >= 0.6 is 0 Å². The molecule has 29 heavy (non-hydrogen) atoms. The van der Waals surface area contributed by atoms with Crippen LogP contribution in [0.15, 0.2) is 0 Å². The molecule has 2 rings (SSSR count). The molecule has 0 aromatic rings. The second kappa shape index (κ2) is 10.9. The Morgan fingerprint density at radius 2 is 1.66 bits per heavy atom. The highest BCUT2D eigenvalue weighted by atomic mass is 16.8. The van der Waals surface area contributed by atoms with Crippen LogP contribution in [-0.4, -0.2) is 109 Å². The highest BCUT2D eigenvalue weighted by Crippen LogP contribution is 2.13. The predicted molar refractivity (Wildman–Crippen MR) is 101 cm³/mol. The second-order valence-corrected chi connectivity index (χ2v) is 7.29. The minimum Gasteiger partial charge on any atom is -0.353 e. The molecule has 11 nitrogen and oxygen atoms in total. The van der Waals surface area contributed by atoms with Crippen LogP contribution in [0.5, 0.6) is 0 Å². The summed E-state index contributed by atoms with van der Waals surface area (Å²) in [6.07, 6.45) is -0.306. The number of carbonyl (C=O) groups is 5. The van der Waals surface area contributed by atoms with Crippen molar-refractivity contribution in [2.24, 2.45) is 0 Å². The number of hydrogen-bond donors (Lipinski definition) is 1. The molecular formula is C18H29N5O6. The monoisotopic (exact) mass is 419 g/mol. The van der Waals surface area contributed by atoms with E-state index in [1.165, 1.54) is 4.90 Å². The van der Waals surface area contributed by atoms with E-state index in [0.29, 0.717) is 24.7 Å². The molecule has 0 aliphatic carbocycles. The number of likely N-dealkylation sites (N-methyl/N-ethyl adjacent to an activating group) is 2. The number of rotatable bonds is 9. The molecule has 11 heteroatoms. The second-order valence-electron chi connectivity index (χ2n) is 7.29. The Bertz CT molecular complexity index is 631. The van der Waals surface area contributed by atoms with Crippen LogP contribution < -0.4 is 5.32 Å². The Balaban J connectivity index is 1.58. The normalized spacial score (nSPS) is 18.1. The van der Waals surface area contributed by atoms with Gasteiger partial charge in [-0.2, -0.15) is 0 Å². The summed E-state index contributed by atoms with van der Waals surface area (Å²) in [5.41, 5.74) is 0. The minimum atomic E-state index is -0.809. The van der Waals surface area contributed by atoms with E-state index in [1.54, 1.807) is 7.05 Å². The van der Waals surface area contributed by atoms with Crippen molar-refractivity contribution in [2.75, 3.05) is 59.9 Å². The van der Waals surface area contributed by atoms with Gasteiger partial charge in [-0.1, -0.05) is 0 Å².